The number of benzene rings is 2. The number of carbonyl (C=O) groups excluding carboxylic acids is 1. The van der Waals surface area contributed by atoms with Crippen molar-refractivity contribution >= 4 is 15.7 Å². The highest BCUT2D eigenvalue weighted by Gasteiger charge is 2.23. The molecule has 0 unspecified atom stereocenters. The van der Waals surface area contributed by atoms with Gasteiger partial charge >= 0.3 is 0 Å². The summed E-state index contributed by atoms with van der Waals surface area (Å²) in [7, 11) is -1.54. The minimum Gasteiger partial charge on any atom is -0.496 e. The molecule has 8 heteroatoms. The van der Waals surface area contributed by atoms with Crippen LogP contribution in [0.3, 0.4) is 0 Å². The molecule has 0 saturated carbocycles. The summed E-state index contributed by atoms with van der Waals surface area (Å²) in [6, 6.07) is 11.2. The topological polar surface area (TPSA) is 66.9 Å². The van der Waals surface area contributed by atoms with Crippen molar-refractivity contribution in [2.24, 2.45) is 0 Å². The summed E-state index contributed by atoms with van der Waals surface area (Å²) >= 11 is 0. The van der Waals surface area contributed by atoms with Gasteiger partial charge in [-0.3, -0.25) is 9.69 Å². The van der Waals surface area contributed by atoms with Crippen molar-refractivity contribution in [2.75, 3.05) is 39.5 Å². The molecule has 29 heavy (non-hydrogen) atoms. The molecule has 1 aliphatic heterocycles. The zero-order valence-electron chi connectivity index (χ0n) is 16.6. The van der Waals surface area contributed by atoms with Crippen LogP contribution in [0.15, 0.2) is 42.5 Å². The molecular weight excluding hydrogens is 395 g/mol. The largest absolute Gasteiger partial charge is 0.496 e. The summed E-state index contributed by atoms with van der Waals surface area (Å²) in [5.74, 6) is 0.246. The van der Waals surface area contributed by atoms with Crippen LogP contribution in [0.5, 0.6) is 5.75 Å². The normalized spacial score (nSPS) is 15.3. The fourth-order valence-electron chi connectivity index (χ4n) is 3.45. The molecule has 0 radical (unpaired) electrons. The van der Waals surface area contributed by atoms with Crippen molar-refractivity contribution in [2.45, 2.75) is 12.3 Å². The van der Waals surface area contributed by atoms with E-state index >= 15 is 0 Å². The standard InChI is InChI=1S/C21H25FN2O4S/c1-28-20-8-7-19(22)13-18(20)14-23-9-11-24(12-10-23)21(25)17-5-3-16(4-6-17)15-29(2,26)27/h3-8,13H,9-12,14-15H2,1-2H3. The molecule has 0 atom stereocenters. The number of rotatable bonds is 6. The molecule has 1 aliphatic rings. The Labute approximate surface area is 170 Å². The maximum atomic E-state index is 13.6. The number of sulfone groups is 1. The van der Waals surface area contributed by atoms with Crippen LogP contribution in [0.4, 0.5) is 4.39 Å². The lowest BCUT2D eigenvalue weighted by molar-refractivity contribution is 0.0627. The van der Waals surface area contributed by atoms with E-state index in [1.54, 1.807) is 42.3 Å². The zero-order valence-corrected chi connectivity index (χ0v) is 17.4. The van der Waals surface area contributed by atoms with Crippen LogP contribution in [-0.2, 0) is 22.1 Å². The second-order valence-corrected chi connectivity index (χ2v) is 9.43. The summed E-state index contributed by atoms with van der Waals surface area (Å²) in [4.78, 5) is 16.7. The molecule has 0 bridgehead atoms. The zero-order chi connectivity index (χ0) is 21.0. The van der Waals surface area contributed by atoms with Crippen molar-refractivity contribution in [3.05, 3.63) is 65.0 Å². The molecule has 0 aromatic heterocycles. The first-order valence-corrected chi connectivity index (χ1v) is 11.4. The fraction of sp³-hybridized carbons (Fsp3) is 0.381. The van der Waals surface area contributed by atoms with E-state index in [-0.39, 0.29) is 17.5 Å². The molecular formula is C21H25FN2O4S. The van der Waals surface area contributed by atoms with Gasteiger partial charge in [0.05, 0.1) is 12.9 Å². The molecule has 1 heterocycles. The third-order valence-electron chi connectivity index (χ3n) is 4.93. The Morgan fingerprint density at radius 1 is 1.07 bits per heavy atom. The highest BCUT2D eigenvalue weighted by atomic mass is 32.2. The SMILES string of the molecule is COc1ccc(F)cc1CN1CCN(C(=O)c2ccc(CS(C)(=O)=O)cc2)CC1. The van der Waals surface area contributed by atoms with Crippen molar-refractivity contribution in [3.63, 3.8) is 0 Å². The van der Waals surface area contributed by atoms with Crippen molar-refractivity contribution < 1.29 is 22.3 Å². The number of hydrogen-bond acceptors (Lipinski definition) is 5. The predicted molar refractivity (Wildman–Crippen MR) is 109 cm³/mol. The first-order chi connectivity index (χ1) is 13.7. The predicted octanol–water partition coefficient (Wildman–Crippen LogP) is 2.34. The van der Waals surface area contributed by atoms with E-state index in [2.05, 4.69) is 4.90 Å². The summed E-state index contributed by atoms with van der Waals surface area (Å²) in [6.07, 6.45) is 1.19. The van der Waals surface area contributed by atoms with Gasteiger partial charge in [0, 0.05) is 50.1 Å². The van der Waals surface area contributed by atoms with Crippen LogP contribution < -0.4 is 4.74 Å². The number of amides is 1. The van der Waals surface area contributed by atoms with Crippen LogP contribution in [0, 0.1) is 5.82 Å². The number of methoxy groups -OCH3 is 1. The highest BCUT2D eigenvalue weighted by Crippen LogP contribution is 2.22. The number of ether oxygens (including phenoxy) is 1. The molecule has 156 valence electrons. The Balaban J connectivity index is 1.58. The third kappa shape index (κ3) is 5.77. The minimum absolute atomic E-state index is 0.0380. The van der Waals surface area contributed by atoms with Gasteiger partial charge in [-0.15, -0.1) is 0 Å². The number of carbonyl (C=O) groups is 1. The van der Waals surface area contributed by atoms with Crippen LogP contribution in [0.25, 0.3) is 0 Å². The van der Waals surface area contributed by atoms with Gasteiger partial charge in [0.2, 0.25) is 0 Å². The number of piperazine rings is 1. The molecule has 1 amide bonds. The summed E-state index contributed by atoms with van der Waals surface area (Å²) in [6.45, 7) is 3.06. The lowest BCUT2D eigenvalue weighted by Crippen LogP contribution is -2.48. The maximum Gasteiger partial charge on any atom is 0.253 e. The van der Waals surface area contributed by atoms with Crippen LogP contribution >= 0.6 is 0 Å². The van der Waals surface area contributed by atoms with Crippen molar-refractivity contribution in [3.8, 4) is 5.75 Å². The average Bonchev–Trinajstić information content (AvgIpc) is 2.68. The Kier molecular flexibility index (Phi) is 6.54. The van der Waals surface area contributed by atoms with Gasteiger partial charge in [0.15, 0.2) is 9.84 Å². The quantitative estimate of drug-likeness (QED) is 0.718. The third-order valence-corrected chi connectivity index (χ3v) is 5.78. The molecule has 1 fully saturated rings. The Morgan fingerprint density at radius 2 is 1.72 bits per heavy atom. The summed E-state index contributed by atoms with van der Waals surface area (Å²) in [5, 5.41) is 0. The Morgan fingerprint density at radius 3 is 2.31 bits per heavy atom. The Bertz CT molecular complexity index is 969. The number of hydrogen-bond donors (Lipinski definition) is 0. The molecule has 0 aliphatic carbocycles. The minimum atomic E-state index is -3.10. The number of halogens is 1. The second kappa shape index (κ2) is 8.92. The molecule has 0 N–H and O–H groups in total. The molecule has 1 saturated heterocycles. The first-order valence-electron chi connectivity index (χ1n) is 9.36. The van der Waals surface area contributed by atoms with E-state index in [1.165, 1.54) is 18.4 Å². The molecule has 6 nitrogen and oxygen atoms in total. The van der Waals surface area contributed by atoms with Crippen LogP contribution in [0.1, 0.15) is 21.5 Å². The van der Waals surface area contributed by atoms with E-state index in [0.29, 0.717) is 49.6 Å². The van der Waals surface area contributed by atoms with Gasteiger partial charge in [0.1, 0.15) is 11.6 Å². The van der Waals surface area contributed by atoms with Crippen molar-refractivity contribution in [1.29, 1.82) is 0 Å². The van der Waals surface area contributed by atoms with Crippen LogP contribution in [0.2, 0.25) is 0 Å². The van der Waals surface area contributed by atoms with E-state index in [0.717, 1.165) is 5.56 Å². The second-order valence-electron chi connectivity index (χ2n) is 7.29. The maximum absolute atomic E-state index is 13.6. The van der Waals surface area contributed by atoms with Gasteiger partial charge in [-0.2, -0.15) is 0 Å². The highest BCUT2D eigenvalue weighted by molar-refractivity contribution is 7.89. The van der Waals surface area contributed by atoms with Crippen LogP contribution in [-0.4, -0.2) is 63.7 Å². The monoisotopic (exact) mass is 420 g/mol. The van der Waals surface area contributed by atoms with Gasteiger partial charge in [-0.05, 0) is 35.9 Å². The van der Waals surface area contributed by atoms with Crippen molar-refractivity contribution in [1.82, 2.24) is 9.80 Å². The molecule has 3 rings (SSSR count). The lowest BCUT2D eigenvalue weighted by atomic mass is 10.1. The van der Waals surface area contributed by atoms with Gasteiger partial charge in [-0.1, -0.05) is 12.1 Å². The van der Waals surface area contributed by atoms with E-state index in [4.69, 9.17) is 4.74 Å². The van der Waals surface area contributed by atoms with E-state index < -0.39 is 9.84 Å². The lowest BCUT2D eigenvalue weighted by Gasteiger charge is -2.35. The molecule has 0 spiro atoms. The van der Waals surface area contributed by atoms with E-state index in [9.17, 15) is 17.6 Å². The molecule has 2 aromatic rings. The average molecular weight is 421 g/mol. The van der Waals surface area contributed by atoms with Gasteiger partial charge in [0.25, 0.3) is 5.91 Å². The number of nitrogens with zero attached hydrogens (tertiary/aromatic N) is 2. The van der Waals surface area contributed by atoms with Gasteiger partial charge < -0.3 is 9.64 Å². The summed E-state index contributed by atoms with van der Waals surface area (Å²) in [5.41, 5.74) is 1.99. The molecule has 2 aromatic carbocycles. The van der Waals surface area contributed by atoms with E-state index in [1.807, 2.05) is 0 Å². The smallest absolute Gasteiger partial charge is 0.253 e. The Hall–Kier alpha value is -2.45. The fourth-order valence-corrected chi connectivity index (χ4v) is 4.25. The first kappa shape index (κ1) is 21.3. The summed E-state index contributed by atoms with van der Waals surface area (Å²) < 4.78 is 41.6. The van der Waals surface area contributed by atoms with Gasteiger partial charge in [-0.25, -0.2) is 12.8 Å².